The van der Waals surface area contributed by atoms with E-state index in [2.05, 4.69) is 5.92 Å². The average molecular weight is 236 g/mol. The molecule has 0 unspecified atom stereocenters. The number of aliphatic hydroxyl groups is 1. The van der Waals surface area contributed by atoms with Gasteiger partial charge in [0.2, 0.25) is 0 Å². The van der Waals surface area contributed by atoms with Gasteiger partial charge in [-0.15, -0.1) is 12.3 Å². The second-order valence-corrected chi connectivity index (χ2v) is 4.77. The van der Waals surface area contributed by atoms with Crippen molar-refractivity contribution in [1.29, 1.82) is 0 Å². The van der Waals surface area contributed by atoms with Crippen molar-refractivity contribution < 1.29 is 14.6 Å². The molecule has 0 aliphatic heterocycles. The number of ether oxygens (including phenoxy) is 1. The first-order chi connectivity index (χ1) is 7.97. The van der Waals surface area contributed by atoms with Crippen molar-refractivity contribution in [2.24, 2.45) is 5.41 Å². The van der Waals surface area contributed by atoms with E-state index in [9.17, 15) is 9.90 Å². The monoisotopic (exact) mass is 236 g/mol. The van der Waals surface area contributed by atoms with Gasteiger partial charge < -0.3 is 9.84 Å². The molecular weight excluding hydrogens is 216 g/mol. The summed E-state index contributed by atoms with van der Waals surface area (Å²) in [6.07, 6.45) is 11.2. The first kappa shape index (κ1) is 13.8. The van der Waals surface area contributed by atoms with Crippen LogP contribution in [0.1, 0.15) is 39.5 Å². The Morgan fingerprint density at radius 2 is 2.29 bits per heavy atom. The quantitative estimate of drug-likeness (QED) is 0.461. The van der Waals surface area contributed by atoms with E-state index >= 15 is 0 Å². The number of esters is 1. The van der Waals surface area contributed by atoms with Crippen LogP contribution in [0, 0.1) is 17.8 Å². The van der Waals surface area contributed by atoms with Gasteiger partial charge in [0.1, 0.15) is 0 Å². The largest absolute Gasteiger partial charge is 0.463 e. The van der Waals surface area contributed by atoms with Gasteiger partial charge in [0, 0.05) is 17.9 Å². The highest BCUT2D eigenvalue weighted by molar-refractivity contribution is 5.82. The second-order valence-electron chi connectivity index (χ2n) is 4.77. The average Bonchev–Trinajstić information content (AvgIpc) is 2.54. The number of hydrogen-bond donors (Lipinski definition) is 1. The van der Waals surface area contributed by atoms with Crippen LogP contribution in [0.25, 0.3) is 0 Å². The molecule has 3 heteroatoms. The predicted molar refractivity (Wildman–Crippen MR) is 66.1 cm³/mol. The van der Waals surface area contributed by atoms with Crippen LogP contribution in [-0.4, -0.2) is 23.3 Å². The normalized spacial score (nSPS) is 32.6. The Hall–Kier alpha value is -1.27. The van der Waals surface area contributed by atoms with Gasteiger partial charge in [0.05, 0.1) is 12.2 Å². The van der Waals surface area contributed by atoms with Crippen molar-refractivity contribution in [3.63, 3.8) is 0 Å². The smallest absolute Gasteiger partial charge is 0.330 e. The van der Waals surface area contributed by atoms with Crippen molar-refractivity contribution in [2.45, 2.75) is 45.1 Å². The molecule has 1 saturated carbocycles. The van der Waals surface area contributed by atoms with Gasteiger partial charge in [0.25, 0.3) is 0 Å². The molecule has 0 radical (unpaired) electrons. The molecule has 0 heterocycles. The number of rotatable bonds is 4. The van der Waals surface area contributed by atoms with E-state index in [1.54, 1.807) is 13.0 Å². The van der Waals surface area contributed by atoms with E-state index in [0.717, 1.165) is 12.8 Å². The molecule has 1 rings (SSSR count). The summed E-state index contributed by atoms with van der Waals surface area (Å²) in [5.74, 6) is 2.15. The summed E-state index contributed by atoms with van der Waals surface area (Å²) >= 11 is 0. The van der Waals surface area contributed by atoms with Crippen molar-refractivity contribution >= 4 is 5.97 Å². The maximum absolute atomic E-state index is 11.3. The number of carbonyl (C=O) groups excluding carboxylic acids is 1. The molecule has 2 atom stereocenters. The lowest BCUT2D eigenvalue weighted by molar-refractivity contribution is -0.137. The molecule has 0 bridgehead atoms. The van der Waals surface area contributed by atoms with Crippen molar-refractivity contribution in [1.82, 2.24) is 0 Å². The number of hydrogen-bond acceptors (Lipinski definition) is 3. The lowest BCUT2D eigenvalue weighted by Crippen LogP contribution is -2.40. The molecule has 94 valence electrons. The topological polar surface area (TPSA) is 46.5 Å². The molecule has 3 nitrogen and oxygen atoms in total. The van der Waals surface area contributed by atoms with E-state index in [-0.39, 0.29) is 5.97 Å². The van der Waals surface area contributed by atoms with Crippen LogP contribution >= 0.6 is 0 Å². The maximum atomic E-state index is 11.3. The highest BCUT2D eigenvalue weighted by atomic mass is 16.5. The predicted octanol–water partition coefficient (Wildman–Crippen LogP) is 2.05. The van der Waals surface area contributed by atoms with E-state index in [4.69, 9.17) is 11.2 Å². The van der Waals surface area contributed by atoms with Crippen LogP contribution in [0.3, 0.4) is 0 Å². The molecule has 1 fully saturated rings. The number of terminal acetylenes is 1. The second kappa shape index (κ2) is 5.37. The Kier molecular flexibility index (Phi) is 4.36. The first-order valence-corrected chi connectivity index (χ1v) is 5.99. The van der Waals surface area contributed by atoms with Crippen molar-refractivity contribution in [3.8, 4) is 12.3 Å². The summed E-state index contributed by atoms with van der Waals surface area (Å²) < 4.78 is 4.83. The third kappa shape index (κ3) is 2.89. The summed E-state index contributed by atoms with van der Waals surface area (Å²) in [5, 5.41) is 10.5. The summed E-state index contributed by atoms with van der Waals surface area (Å²) in [6, 6.07) is 0. The van der Waals surface area contributed by atoms with Gasteiger partial charge in [-0.2, -0.15) is 0 Å². The Balaban J connectivity index is 2.80. The van der Waals surface area contributed by atoms with E-state index in [1.807, 2.05) is 6.92 Å². The maximum Gasteiger partial charge on any atom is 0.330 e. The van der Waals surface area contributed by atoms with Gasteiger partial charge >= 0.3 is 5.97 Å². The van der Waals surface area contributed by atoms with E-state index < -0.39 is 11.0 Å². The van der Waals surface area contributed by atoms with Crippen LogP contribution in [-0.2, 0) is 9.53 Å². The van der Waals surface area contributed by atoms with E-state index in [1.165, 1.54) is 6.08 Å². The summed E-state index contributed by atoms with van der Waals surface area (Å²) in [5.41, 5.74) is -1.34. The Labute approximate surface area is 103 Å². The van der Waals surface area contributed by atoms with Crippen LogP contribution in [0.5, 0.6) is 0 Å². The van der Waals surface area contributed by atoms with Crippen molar-refractivity contribution in [2.75, 3.05) is 6.61 Å². The summed E-state index contributed by atoms with van der Waals surface area (Å²) in [4.78, 5) is 11.3. The molecule has 0 aromatic rings. The molecular formula is C14H20O3. The summed E-state index contributed by atoms with van der Waals surface area (Å²) in [6.45, 7) is 4.05. The van der Waals surface area contributed by atoms with Gasteiger partial charge in [-0.25, -0.2) is 4.79 Å². The lowest BCUT2D eigenvalue weighted by atomic mass is 9.74. The van der Waals surface area contributed by atoms with Gasteiger partial charge in [0.15, 0.2) is 0 Å². The molecule has 0 aromatic heterocycles. The zero-order valence-electron chi connectivity index (χ0n) is 10.5. The molecule has 17 heavy (non-hydrogen) atoms. The fraction of sp³-hybridized carbons (Fsp3) is 0.643. The highest BCUT2D eigenvalue weighted by Gasteiger charge is 2.48. The van der Waals surface area contributed by atoms with Crippen LogP contribution in [0.2, 0.25) is 0 Å². The minimum absolute atomic E-state index is 0.316. The van der Waals surface area contributed by atoms with Gasteiger partial charge in [-0.3, -0.25) is 0 Å². The zero-order valence-corrected chi connectivity index (χ0v) is 10.5. The fourth-order valence-electron chi connectivity index (χ4n) is 2.41. The molecule has 0 spiro atoms. The lowest BCUT2D eigenvalue weighted by Gasteiger charge is -2.36. The SMILES string of the molecule is C#CC[C@]1(O)CCC[C@]1(C)/C=C/C(=O)OCC. The molecule has 1 aliphatic rings. The Bertz CT molecular complexity index is 353. The molecule has 1 aliphatic carbocycles. The number of carbonyl (C=O) groups is 1. The van der Waals surface area contributed by atoms with Crippen LogP contribution < -0.4 is 0 Å². The van der Waals surface area contributed by atoms with Crippen LogP contribution in [0.15, 0.2) is 12.2 Å². The Morgan fingerprint density at radius 1 is 1.59 bits per heavy atom. The molecule has 1 N–H and O–H groups in total. The minimum atomic E-state index is -0.898. The minimum Gasteiger partial charge on any atom is -0.463 e. The third-order valence-electron chi connectivity index (χ3n) is 3.62. The molecule has 0 saturated heterocycles. The van der Waals surface area contributed by atoms with Crippen LogP contribution in [0.4, 0.5) is 0 Å². The standard InChI is InChI=1S/C14H20O3/c1-4-8-14(16)10-6-9-13(14,3)11-7-12(15)17-5-2/h1,7,11,16H,5-6,8-10H2,2-3H3/b11-7+/t13-,14+/m1/s1. The zero-order chi connectivity index (χ0) is 12.9. The molecule has 0 aromatic carbocycles. The third-order valence-corrected chi connectivity index (χ3v) is 3.62. The Morgan fingerprint density at radius 3 is 2.88 bits per heavy atom. The van der Waals surface area contributed by atoms with E-state index in [0.29, 0.717) is 19.4 Å². The first-order valence-electron chi connectivity index (χ1n) is 5.99. The highest BCUT2D eigenvalue weighted by Crippen LogP contribution is 2.49. The van der Waals surface area contributed by atoms with Gasteiger partial charge in [-0.1, -0.05) is 13.0 Å². The van der Waals surface area contributed by atoms with Crippen molar-refractivity contribution in [3.05, 3.63) is 12.2 Å². The summed E-state index contributed by atoms with van der Waals surface area (Å²) in [7, 11) is 0. The fourth-order valence-corrected chi connectivity index (χ4v) is 2.41. The van der Waals surface area contributed by atoms with Gasteiger partial charge in [-0.05, 0) is 26.2 Å². The molecule has 0 amide bonds.